The molecule has 0 spiro atoms. The molecule has 0 aliphatic heterocycles. The van der Waals surface area contributed by atoms with Crippen LogP contribution in [0.15, 0.2) is 23.4 Å². The van der Waals surface area contributed by atoms with Crippen molar-refractivity contribution in [2.24, 2.45) is 5.92 Å². The summed E-state index contributed by atoms with van der Waals surface area (Å²) in [6.07, 6.45) is 5.75. The highest BCUT2D eigenvalue weighted by atomic mass is 16.1. The van der Waals surface area contributed by atoms with Gasteiger partial charge in [-0.25, -0.2) is 14.3 Å². The smallest absolute Gasteiger partial charge is 0.269 e. The average molecular weight is 274 g/mol. The number of hydrogen-bond donors (Lipinski definition) is 1. The molecule has 1 aliphatic carbocycles. The number of aryl methyl sites for hydroxylation is 1. The molecule has 7 heteroatoms. The molecular formula is C13H18N6O. The number of rotatable bonds is 6. The molecular weight excluding hydrogens is 256 g/mol. The Kier molecular flexibility index (Phi) is 3.49. The van der Waals surface area contributed by atoms with E-state index in [0.29, 0.717) is 6.54 Å². The standard InChI is InChI=1S/C13H18N6O/c1-2-18-12(15-9-17-18)8-19-13(20)5-11(7-16-19)14-6-10-3-4-10/h5,7,9-10,14H,2-4,6,8H2,1H3. The Balaban J connectivity index is 1.71. The fourth-order valence-corrected chi connectivity index (χ4v) is 2.04. The largest absolute Gasteiger partial charge is 0.383 e. The monoisotopic (exact) mass is 274 g/mol. The minimum absolute atomic E-state index is 0.128. The van der Waals surface area contributed by atoms with Gasteiger partial charge in [0, 0.05) is 19.2 Å². The van der Waals surface area contributed by atoms with Crippen LogP contribution in [0.3, 0.4) is 0 Å². The maximum absolute atomic E-state index is 12.0. The van der Waals surface area contributed by atoms with Crippen molar-refractivity contribution in [2.75, 3.05) is 11.9 Å². The maximum Gasteiger partial charge on any atom is 0.269 e. The van der Waals surface area contributed by atoms with Crippen molar-refractivity contribution in [3.05, 3.63) is 34.8 Å². The first kappa shape index (κ1) is 12.8. The second-order valence-electron chi connectivity index (χ2n) is 5.06. The molecule has 0 bridgehead atoms. The van der Waals surface area contributed by atoms with E-state index < -0.39 is 0 Å². The third-order valence-electron chi connectivity index (χ3n) is 3.45. The zero-order chi connectivity index (χ0) is 13.9. The summed E-state index contributed by atoms with van der Waals surface area (Å²) in [7, 11) is 0. The Hall–Kier alpha value is -2.18. The molecule has 2 aromatic rings. The molecule has 0 aromatic carbocycles. The Labute approximate surface area is 116 Å². The second-order valence-corrected chi connectivity index (χ2v) is 5.06. The number of nitrogens with zero attached hydrogens (tertiary/aromatic N) is 5. The molecule has 7 nitrogen and oxygen atoms in total. The minimum Gasteiger partial charge on any atom is -0.383 e. The van der Waals surface area contributed by atoms with Crippen molar-refractivity contribution < 1.29 is 0 Å². The summed E-state index contributed by atoms with van der Waals surface area (Å²) in [5, 5.41) is 11.5. The van der Waals surface area contributed by atoms with Crippen molar-refractivity contribution in [1.29, 1.82) is 0 Å². The van der Waals surface area contributed by atoms with E-state index >= 15 is 0 Å². The van der Waals surface area contributed by atoms with E-state index in [9.17, 15) is 4.79 Å². The van der Waals surface area contributed by atoms with Crippen molar-refractivity contribution in [3.63, 3.8) is 0 Å². The highest BCUT2D eigenvalue weighted by Gasteiger charge is 2.20. The van der Waals surface area contributed by atoms with Crippen LogP contribution in [0.4, 0.5) is 5.69 Å². The molecule has 1 saturated carbocycles. The first-order valence-electron chi connectivity index (χ1n) is 6.94. The molecule has 0 saturated heterocycles. The number of anilines is 1. The highest BCUT2D eigenvalue weighted by Crippen LogP contribution is 2.28. The van der Waals surface area contributed by atoms with Gasteiger partial charge in [-0.3, -0.25) is 4.79 Å². The summed E-state index contributed by atoms with van der Waals surface area (Å²) < 4.78 is 3.16. The van der Waals surface area contributed by atoms with Gasteiger partial charge in [0.1, 0.15) is 18.7 Å². The van der Waals surface area contributed by atoms with Crippen molar-refractivity contribution in [2.45, 2.75) is 32.9 Å². The molecule has 20 heavy (non-hydrogen) atoms. The van der Waals surface area contributed by atoms with Gasteiger partial charge in [-0.2, -0.15) is 10.2 Å². The van der Waals surface area contributed by atoms with Crippen LogP contribution >= 0.6 is 0 Å². The van der Waals surface area contributed by atoms with Crippen LogP contribution in [0.1, 0.15) is 25.6 Å². The Morgan fingerprint density at radius 3 is 2.90 bits per heavy atom. The van der Waals surface area contributed by atoms with Crippen LogP contribution in [-0.2, 0) is 13.1 Å². The van der Waals surface area contributed by atoms with Gasteiger partial charge >= 0.3 is 0 Å². The summed E-state index contributed by atoms with van der Waals surface area (Å²) in [6, 6.07) is 1.59. The van der Waals surface area contributed by atoms with Gasteiger partial charge in [-0.1, -0.05) is 0 Å². The lowest BCUT2D eigenvalue weighted by atomic mass is 10.4. The zero-order valence-electron chi connectivity index (χ0n) is 11.5. The quantitative estimate of drug-likeness (QED) is 0.840. The molecule has 0 amide bonds. The lowest BCUT2D eigenvalue weighted by molar-refractivity contribution is 0.551. The molecule has 2 heterocycles. The van der Waals surface area contributed by atoms with Crippen molar-refractivity contribution in [1.82, 2.24) is 24.5 Å². The predicted octanol–water partition coefficient (Wildman–Crippen LogP) is 0.725. The second kappa shape index (κ2) is 5.44. The number of nitrogens with one attached hydrogen (secondary N) is 1. The first-order valence-corrected chi connectivity index (χ1v) is 6.94. The molecule has 0 unspecified atom stereocenters. The molecule has 106 valence electrons. The lowest BCUT2D eigenvalue weighted by Crippen LogP contribution is -2.25. The predicted molar refractivity (Wildman–Crippen MR) is 74.5 cm³/mol. The van der Waals surface area contributed by atoms with Crippen LogP contribution in [-0.4, -0.2) is 31.1 Å². The Morgan fingerprint density at radius 2 is 2.20 bits per heavy atom. The molecule has 3 rings (SSSR count). The number of aromatic nitrogens is 5. The summed E-state index contributed by atoms with van der Waals surface area (Å²) >= 11 is 0. The minimum atomic E-state index is -0.128. The zero-order valence-corrected chi connectivity index (χ0v) is 11.5. The Morgan fingerprint density at radius 1 is 1.35 bits per heavy atom. The molecule has 0 radical (unpaired) electrons. The molecule has 1 fully saturated rings. The summed E-state index contributed by atoms with van der Waals surface area (Å²) in [5.41, 5.74) is 0.659. The third-order valence-corrected chi connectivity index (χ3v) is 3.45. The maximum atomic E-state index is 12.0. The van der Waals surface area contributed by atoms with Crippen LogP contribution in [0, 0.1) is 5.92 Å². The fraction of sp³-hybridized carbons (Fsp3) is 0.538. The summed E-state index contributed by atoms with van der Waals surface area (Å²) in [6.45, 7) is 3.98. The van der Waals surface area contributed by atoms with Gasteiger partial charge in [0.25, 0.3) is 5.56 Å². The fourth-order valence-electron chi connectivity index (χ4n) is 2.04. The third kappa shape index (κ3) is 2.87. The van der Waals surface area contributed by atoms with Gasteiger partial charge in [-0.05, 0) is 25.7 Å². The van der Waals surface area contributed by atoms with Crippen LogP contribution in [0.2, 0.25) is 0 Å². The highest BCUT2D eigenvalue weighted by molar-refractivity contribution is 5.39. The van der Waals surface area contributed by atoms with E-state index in [-0.39, 0.29) is 5.56 Å². The molecule has 2 aromatic heterocycles. The van der Waals surface area contributed by atoms with Crippen LogP contribution in [0.5, 0.6) is 0 Å². The van der Waals surface area contributed by atoms with Gasteiger partial charge in [0.2, 0.25) is 0 Å². The van der Waals surface area contributed by atoms with Gasteiger partial charge in [-0.15, -0.1) is 0 Å². The SMILES string of the molecule is CCn1ncnc1Cn1ncc(NCC2CC2)cc1=O. The van der Waals surface area contributed by atoms with E-state index in [2.05, 4.69) is 20.5 Å². The topological polar surface area (TPSA) is 77.6 Å². The average Bonchev–Trinajstić information content (AvgIpc) is 3.17. The summed E-state index contributed by atoms with van der Waals surface area (Å²) in [5.74, 6) is 1.50. The number of hydrogen-bond acceptors (Lipinski definition) is 5. The van der Waals surface area contributed by atoms with Crippen LogP contribution < -0.4 is 10.9 Å². The van der Waals surface area contributed by atoms with E-state index in [1.165, 1.54) is 23.9 Å². The van der Waals surface area contributed by atoms with Crippen molar-refractivity contribution in [3.8, 4) is 0 Å². The molecule has 0 atom stereocenters. The van der Waals surface area contributed by atoms with E-state index in [0.717, 1.165) is 30.5 Å². The van der Waals surface area contributed by atoms with E-state index in [4.69, 9.17) is 0 Å². The Bertz CT molecular complexity index is 642. The van der Waals surface area contributed by atoms with Gasteiger partial charge < -0.3 is 5.32 Å². The van der Waals surface area contributed by atoms with E-state index in [1.807, 2.05) is 6.92 Å². The normalized spacial score (nSPS) is 14.4. The first-order chi connectivity index (χ1) is 9.76. The molecule has 1 aliphatic rings. The van der Waals surface area contributed by atoms with Gasteiger partial charge in [0.15, 0.2) is 0 Å². The molecule has 1 N–H and O–H groups in total. The lowest BCUT2D eigenvalue weighted by Gasteiger charge is -2.08. The van der Waals surface area contributed by atoms with Crippen LogP contribution in [0.25, 0.3) is 0 Å². The summed E-state index contributed by atoms with van der Waals surface area (Å²) in [4.78, 5) is 16.2. The van der Waals surface area contributed by atoms with Gasteiger partial charge in [0.05, 0.1) is 11.9 Å². The van der Waals surface area contributed by atoms with Crippen molar-refractivity contribution >= 4 is 5.69 Å². The van der Waals surface area contributed by atoms with E-state index in [1.54, 1.807) is 16.9 Å².